The van der Waals surface area contributed by atoms with Crippen molar-refractivity contribution in [2.75, 3.05) is 25.5 Å². The number of imide groups is 1. The summed E-state index contributed by atoms with van der Waals surface area (Å²) < 4.78 is 5.47. The number of anilines is 1. The van der Waals surface area contributed by atoms with E-state index in [9.17, 15) is 14.4 Å². The summed E-state index contributed by atoms with van der Waals surface area (Å²) in [5.74, 6) is -0.378. The van der Waals surface area contributed by atoms with Crippen LogP contribution in [0, 0.1) is 13.8 Å². The molecule has 0 saturated carbocycles. The minimum absolute atomic E-state index is 0.133. The molecule has 3 amide bonds. The third kappa shape index (κ3) is 3.83. The highest BCUT2D eigenvalue weighted by atomic mass is 16.3. The number of nitrogens with one attached hydrogen (secondary N) is 1. The van der Waals surface area contributed by atoms with Gasteiger partial charge in [0.1, 0.15) is 5.76 Å². The van der Waals surface area contributed by atoms with Crippen molar-refractivity contribution in [2.45, 2.75) is 19.9 Å². The zero-order valence-corrected chi connectivity index (χ0v) is 18.5. The number of carbonyl (C=O) groups is 3. The van der Waals surface area contributed by atoms with Gasteiger partial charge in [0, 0.05) is 12.1 Å². The van der Waals surface area contributed by atoms with Crippen molar-refractivity contribution < 1.29 is 18.8 Å². The zero-order valence-electron chi connectivity index (χ0n) is 18.5. The van der Waals surface area contributed by atoms with Crippen LogP contribution in [0.2, 0.25) is 0 Å². The summed E-state index contributed by atoms with van der Waals surface area (Å²) >= 11 is 0. The molecule has 0 radical (unpaired) electrons. The van der Waals surface area contributed by atoms with E-state index < -0.39 is 5.91 Å². The SMILES string of the molecule is Cc1ccc(C)c(N2C(=O)c3ccc(C(=O)NCC(c4ccco4)N(C)C)cc3C2=O)c1. The van der Waals surface area contributed by atoms with Crippen molar-refractivity contribution in [2.24, 2.45) is 0 Å². The second kappa shape index (κ2) is 8.43. The van der Waals surface area contributed by atoms with Gasteiger partial charge in [-0.05, 0) is 75.5 Å². The fourth-order valence-corrected chi connectivity index (χ4v) is 3.87. The van der Waals surface area contributed by atoms with Gasteiger partial charge in [-0.1, -0.05) is 12.1 Å². The molecule has 0 bridgehead atoms. The van der Waals surface area contributed by atoms with Crippen LogP contribution in [0.15, 0.2) is 59.2 Å². The number of nitrogens with zero attached hydrogens (tertiary/aromatic N) is 2. The maximum Gasteiger partial charge on any atom is 0.266 e. The van der Waals surface area contributed by atoms with E-state index in [1.807, 2.05) is 57.1 Å². The van der Waals surface area contributed by atoms with Gasteiger partial charge >= 0.3 is 0 Å². The van der Waals surface area contributed by atoms with Gasteiger partial charge in [-0.25, -0.2) is 4.90 Å². The van der Waals surface area contributed by atoms with E-state index in [4.69, 9.17) is 4.42 Å². The molecule has 0 fully saturated rings. The maximum absolute atomic E-state index is 13.1. The number of fused-ring (bicyclic) bond motifs is 1. The molecule has 7 nitrogen and oxygen atoms in total. The first-order chi connectivity index (χ1) is 15.3. The topological polar surface area (TPSA) is 82.9 Å². The smallest absolute Gasteiger partial charge is 0.266 e. The van der Waals surface area contributed by atoms with Gasteiger partial charge in [-0.15, -0.1) is 0 Å². The molecule has 2 heterocycles. The summed E-state index contributed by atoms with van der Waals surface area (Å²) in [4.78, 5) is 42.0. The molecule has 1 N–H and O–H groups in total. The second-order valence-electron chi connectivity index (χ2n) is 8.20. The van der Waals surface area contributed by atoms with Crippen molar-refractivity contribution in [3.63, 3.8) is 0 Å². The predicted molar refractivity (Wildman–Crippen MR) is 121 cm³/mol. The highest BCUT2D eigenvalue weighted by Crippen LogP contribution is 2.31. The fraction of sp³-hybridized carbons (Fsp3) is 0.240. The summed E-state index contributed by atoms with van der Waals surface area (Å²) in [6, 6.07) is 13.8. The first-order valence-corrected chi connectivity index (χ1v) is 10.4. The minimum Gasteiger partial charge on any atom is -0.468 e. The largest absolute Gasteiger partial charge is 0.468 e. The molecule has 3 aromatic rings. The molecule has 1 aliphatic rings. The summed E-state index contributed by atoms with van der Waals surface area (Å²) in [5.41, 5.74) is 3.21. The lowest BCUT2D eigenvalue weighted by molar-refractivity contribution is 0.0921. The molecule has 1 unspecified atom stereocenters. The average Bonchev–Trinajstić information content (AvgIpc) is 3.37. The van der Waals surface area contributed by atoms with Gasteiger partial charge in [0.2, 0.25) is 0 Å². The average molecular weight is 431 g/mol. The Morgan fingerprint density at radius 2 is 1.78 bits per heavy atom. The minimum atomic E-state index is -0.421. The van der Waals surface area contributed by atoms with Crippen LogP contribution in [-0.2, 0) is 0 Å². The molecule has 1 aliphatic heterocycles. The third-order valence-electron chi connectivity index (χ3n) is 5.71. The first kappa shape index (κ1) is 21.5. The van der Waals surface area contributed by atoms with Crippen molar-refractivity contribution in [3.05, 3.63) is 88.4 Å². The Labute approximate surface area is 186 Å². The Bertz CT molecular complexity index is 1200. The number of hydrogen-bond donors (Lipinski definition) is 1. The van der Waals surface area contributed by atoms with Gasteiger partial charge in [-0.3, -0.25) is 19.3 Å². The Kier molecular flexibility index (Phi) is 5.67. The van der Waals surface area contributed by atoms with Crippen LogP contribution >= 0.6 is 0 Å². The van der Waals surface area contributed by atoms with Crippen molar-refractivity contribution in [1.29, 1.82) is 0 Å². The number of hydrogen-bond acceptors (Lipinski definition) is 5. The number of carbonyl (C=O) groups excluding carboxylic acids is 3. The first-order valence-electron chi connectivity index (χ1n) is 10.4. The van der Waals surface area contributed by atoms with Crippen LogP contribution in [0.4, 0.5) is 5.69 Å². The Balaban J connectivity index is 1.56. The molecular formula is C25H25N3O4. The molecule has 32 heavy (non-hydrogen) atoms. The van der Waals surface area contributed by atoms with E-state index in [1.54, 1.807) is 24.5 Å². The molecule has 0 saturated heterocycles. The monoisotopic (exact) mass is 431 g/mol. The Hall–Kier alpha value is -3.71. The van der Waals surface area contributed by atoms with Crippen LogP contribution in [0.1, 0.15) is 54.0 Å². The molecule has 1 aromatic heterocycles. The molecular weight excluding hydrogens is 406 g/mol. The molecule has 2 aromatic carbocycles. The number of rotatable bonds is 6. The number of furan rings is 1. The van der Waals surface area contributed by atoms with Crippen LogP contribution < -0.4 is 10.2 Å². The van der Waals surface area contributed by atoms with Crippen LogP contribution in [0.3, 0.4) is 0 Å². The lowest BCUT2D eigenvalue weighted by Gasteiger charge is -2.22. The highest BCUT2D eigenvalue weighted by molar-refractivity contribution is 6.35. The van der Waals surface area contributed by atoms with E-state index in [1.165, 1.54) is 11.0 Å². The maximum atomic E-state index is 13.1. The third-order valence-corrected chi connectivity index (χ3v) is 5.71. The molecule has 1 atom stereocenters. The molecule has 7 heteroatoms. The van der Waals surface area contributed by atoms with Crippen molar-refractivity contribution >= 4 is 23.4 Å². The summed E-state index contributed by atoms with van der Waals surface area (Å²) in [5, 5.41) is 2.89. The highest BCUT2D eigenvalue weighted by Gasteiger charge is 2.37. The van der Waals surface area contributed by atoms with Gasteiger partial charge in [-0.2, -0.15) is 0 Å². The number of benzene rings is 2. The molecule has 0 spiro atoms. The van der Waals surface area contributed by atoms with Crippen LogP contribution in [-0.4, -0.2) is 43.3 Å². The van der Waals surface area contributed by atoms with E-state index in [2.05, 4.69) is 5.32 Å². The zero-order chi connectivity index (χ0) is 23.0. The van der Waals surface area contributed by atoms with Gasteiger partial charge < -0.3 is 9.73 Å². The van der Waals surface area contributed by atoms with E-state index in [0.29, 0.717) is 23.4 Å². The van der Waals surface area contributed by atoms with Gasteiger partial charge in [0.05, 0.1) is 29.1 Å². The number of likely N-dealkylation sites (N-methyl/N-ethyl adjacent to an activating group) is 1. The number of amides is 3. The van der Waals surface area contributed by atoms with Crippen LogP contribution in [0.5, 0.6) is 0 Å². The quantitative estimate of drug-likeness (QED) is 0.602. The Morgan fingerprint density at radius 3 is 2.47 bits per heavy atom. The Morgan fingerprint density at radius 1 is 1.03 bits per heavy atom. The number of aryl methyl sites for hydroxylation is 2. The normalized spacial score (nSPS) is 14.1. The van der Waals surface area contributed by atoms with Crippen molar-refractivity contribution in [3.8, 4) is 0 Å². The fourth-order valence-electron chi connectivity index (χ4n) is 3.87. The van der Waals surface area contributed by atoms with Crippen molar-refractivity contribution in [1.82, 2.24) is 10.2 Å². The lowest BCUT2D eigenvalue weighted by atomic mass is 10.1. The van der Waals surface area contributed by atoms with E-state index in [0.717, 1.165) is 16.9 Å². The standard InChI is InChI=1S/C25H25N3O4/c1-15-7-8-16(2)20(12-15)28-24(30)18-10-9-17(13-19(18)25(28)31)23(29)26-14-21(27(3)4)22-6-5-11-32-22/h5-13,21H,14H2,1-4H3,(H,26,29). The lowest BCUT2D eigenvalue weighted by Crippen LogP contribution is -2.34. The molecule has 164 valence electrons. The summed E-state index contributed by atoms with van der Waals surface area (Å²) in [6.45, 7) is 4.10. The van der Waals surface area contributed by atoms with Gasteiger partial charge in [0.25, 0.3) is 17.7 Å². The van der Waals surface area contributed by atoms with E-state index in [-0.39, 0.29) is 23.4 Å². The summed E-state index contributed by atoms with van der Waals surface area (Å²) in [7, 11) is 3.81. The second-order valence-corrected chi connectivity index (χ2v) is 8.20. The van der Waals surface area contributed by atoms with Crippen LogP contribution in [0.25, 0.3) is 0 Å². The molecule has 4 rings (SSSR count). The van der Waals surface area contributed by atoms with Gasteiger partial charge in [0.15, 0.2) is 0 Å². The summed E-state index contributed by atoms with van der Waals surface area (Å²) in [6.07, 6.45) is 1.60. The van der Waals surface area contributed by atoms with E-state index >= 15 is 0 Å². The molecule has 0 aliphatic carbocycles. The predicted octanol–water partition coefficient (Wildman–Crippen LogP) is 3.73.